The van der Waals surface area contributed by atoms with Crippen molar-refractivity contribution in [1.82, 2.24) is 4.90 Å². The van der Waals surface area contributed by atoms with Crippen LogP contribution >= 0.6 is 11.6 Å². The molecule has 0 spiro atoms. The first kappa shape index (κ1) is 36.2. The third-order valence-corrected chi connectivity index (χ3v) is 8.19. The molecular weight excluding hydrogens is 622 g/mol. The van der Waals surface area contributed by atoms with Gasteiger partial charge in [0.05, 0.1) is 28.9 Å². The van der Waals surface area contributed by atoms with E-state index in [4.69, 9.17) is 30.5 Å². The molecule has 0 radical (unpaired) electrons. The van der Waals surface area contributed by atoms with Crippen molar-refractivity contribution in [2.75, 3.05) is 6.61 Å². The summed E-state index contributed by atoms with van der Waals surface area (Å²) >= 11 is 6.22. The van der Waals surface area contributed by atoms with Gasteiger partial charge in [-0.3, -0.25) is 19.2 Å². The van der Waals surface area contributed by atoms with Crippen LogP contribution in [0, 0.1) is 16.2 Å². The van der Waals surface area contributed by atoms with Crippen LogP contribution in [0.25, 0.3) is 5.57 Å². The second kappa shape index (κ2) is 13.8. The maximum absolute atomic E-state index is 13.7. The van der Waals surface area contributed by atoms with E-state index in [1.807, 2.05) is 47.4 Å². The largest absolute Gasteiger partial charge is 0.455 e. The highest BCUT2D eigenvalue weighted by molar-refractivity contribution is 6.30. The number of rotatable bonds is 6. The number of halogens is 1. The van der Waals surface area contributed by atoms with Gasteiger partial charge in [-0.25, -0.2) is 0 Å². The van der Waals surface area contributed by atoms with E-state index >= 15 is 0 Å². The average Bonchev–Trinajstić information content (AvgIpc) is 2.98. The molecule has 0 unspecified atom stereocenters. The van der Waals surface area contributed by atoms with E-state index in [1.54, 1.807) is 80.6 Å². The first-order chi connectivity index (χ1) is 21.8. The van der Waals surface area contributed by atoms with Crippen molar-refractivity contribution >= 4 is 40.9 Å². The molecule has 5 atom stereocenters. The topological polar surface area (TPSA) is 108 Å². The fraction of sp³-hybridized carbons (Fsp3) is 0.514. The van der Waals surface area contributed by atoms with Crippen LogP contribution < -0.4 is 0 Å². The van der Waals surface area contributed by atoms with Gasteiger partial charge in [-0.15, -0.1) is 0 Å². The number of ether oxygens (including phenoxy) is 4. The van der Waals surface area contributed by atoms with Gasteiger partial charge in [-0.1, -0.05) is 54.1 Å². The van der Waals surface area contributed by atoms with Gasteiger partial charge >= 0.3 is 17.9 Å². The Morgan fingerprint density at radius 1 is 0.745 bits per heavy atom. The van der Waals surface area contributed by atoms with Crippen LogP contribution in [0.4, 0.5) is 0 Å². The van der Waals surface area contributed by atoms with E-state index < -0.39 is 64.7 Å². The smallest absolute Gasteiger partial charge is 0.311 e. The second-order valence-corrected chi connectivity index (χ2v) is 15.6. The van der Waals surface area contributed by atoms with Crippen LogP contribution in [-0.2, 0) is 38.1 Å². The number of hydrogen-bond donors (Lipinski definition) is 0. The number of allylic oxidation sites excluding steroid dienone is 1. The molecule has 4 rings (SSSR count). The standard InChI is InChI=1S/C37H46ClNO8/c1-35(2,3)32(41)45-28-21-44-31(30(47-34(43)37(7,8)9)29(28)46-33(42)36(4,5)6)39-20-25(22-13-11-10-12-14-22)27(40)19-26(39)23-15-17-24(38)18-16-23/h10-18,20,26,28-31H,19,21H2,1-9H3/t26-,28-,29-,30+,31+/m1/s1. The van der Waals surface area contributed by atoms with Crippen molar-refractivity contribution in [3.8, 4) is 0 Å². The number of hydrogen-bond acceptors (Lipinski definition) is 9. The molecule has 1 saturated heterocycles. The lowest BCUT2D eigenvalue weighted by Crippen LogP contribution is -2.63. The van der Waals surface area contributed by atoms with Crippen molar-refractivity contribution in [3.63, 3.8) is 0 Å². The molecule has 2 aliphatic rings. The molecule has 254 valence electrons. The third-order valence-electron chi connectivity index (χ3n) is 7.93. The van der Waals surface area contributed by atoms with Crippen molar-refractivity contribution in [3.05, 3.63) is 76.9 Å². The van der Waals surface area contributed by atoms with Gasteiger partial charge < -0.3 is 23.8 Å². The Morgan fingerprint density at radius 2 is 1.26 bits per heavy atom. The maximum atomic E-state index is 13.7. The van der Waals surface area contributed by atoms with Gasteiger partial charge in [0.2, 0.25) is 0 Å². The molecule has 0 bridgehead atoms. The zero-order chi connectivity index (χ0) is 34.9. The Morgan fingerprint density at radius 3 is 1.79 bits per heavy atom. The fourth-order valence-electron chi connectivity index (χ4n) is 5.08. The molecule has 0 aliphatic carbocycles. The van der Waals surface area contributed by atoms with Crippen molar-refractivity contribution in [2.45, 2.75) is 99.3 Å². The lowest BCUT2D eigenvalue weighted by atomic mass is 9.88. The summed E-state index contributed by atoms with van der Waals surface area (Å²) < 4.78 is 24.7. The predicted molar refractivity (Wildman–Crippen MR) is 178 cm³/mol. The summed E-state index contributed by atoms with van der Waals surface area (Å²) in [6, 6.07) is 15.8. The molecule has 1 fully saturated rings. The molecule has 10 heteroatoms. The van der Waals surface area contributed by atoms with Gasteiger partial charge in [-0.2, -0.15) is 0 Å². The van der Waals surface area contributed by atoms with Crippen LogP contribution in [0.15, 0.2) is 60.8 Å². The Kier molecular flexibility index (Phi) is 10.6. The average molecular weight is 668 g/mol. The van der Waals surface area contributed by atoms with Gasteiger partial charge in [0.25, 0.3) is 0 Å². The number of esters is 3. The summed E-state index contributed by atoms with van der Waals surface area (Å²) in [4.78, 5) is 55.7. The molecular formula is C37H46ClNO8. The summed E-state index contributed by atoms with van der Waals surface area (Å²) in [6.45, 7) is 15.2. The van der Waals surface area contributed by atoms with Gasteiger partial charge in [0.1, 0.15) is 0 Å². The number of Topliss-reactive ketones (excluding diaryl/α,β-unsaturated/α-hetero) is 1. The van der Waals surface area contributed by atoms with Crippen LogP contribution in [0.5, 0.6) is 0 Å². The third kappa shape index (κ3) is 8.62. The molecule has 2 aliphatic heterocycles. The van der Waals surface area contributed by atoms with Gasteiger partial charge in [0.15, 0.2) is 30.3 Å². The second-order valence-electron chi connectivity index (χ2n) is 15.2. The van der Waals surface area contributed by atoms with E-state index in [0.29, 0.717) is 16.2 Å². The highest BCUT2D eigenvalue weighted by Gasteiger charge is 2.53. The fourth-order valence-corrected chi connectivity index (χ4v) is 5.20. The Labute approximate surface area is 282 Å². The maximum Gasteiger partial charge on any atom is 0.311 e. The normalized spacial score (nSPS) is 23.9. The van der Waals surface area contributed by atoms with Crippen molar-refractivity contribution in [1.29, 1.82) is 0 Å². The van der Waals surface area contributed by atoms with E-state index in [-0.39, 0.29) is 18.8 Å². The molecule has 0 amide bonds. The van der Waals surface area contributed by atoms with Gasteiger partial charge in [0, 0.05) is 23.2 Å². The lowest BCUT2D eigenvalue weighted by molar-refractivity contribution is -0.256. The van der Waals surface area contributed by atoms with Crippen LogP contribution in [0.1, 0.15) is 85.9 Å². The summed E-state index contributed by atoms with van der Waals surface area (Å²) in [6.07, 6.45) is -2.81. The molecule has 9 nitrogen and oxygen atoms in total. The molecule has 0 N–H and O–H groups in total. The molecule has 2 aromatic rings. The first-order valence-electron chi connectivity index (χ1n) is 15.9. The minimum absolute atomic E-state index is 0.0804. The summed E-state index contributed by atoms with van der Waals surface area (Å²) in [5.74, 6) is -1.75. The summed E-state index contributed by atoms with van der Waals surface area (Å²) in [5, 5.41) is 0.534. The van der Waals surface area contributed by atoms with E-state index in [1.165, 1.54) is 0 Å². The molecule has 2 aromatic carbocycles. The lowest BCUT2D eigenvalue weighted by Gasteiger charge is -2.49. The minimum Gasteiger partial charge on any atom is -0.455 e. The molecule has 0 aromatic heterocycles. The molecule has 0 saturated carbocycles. The summed E-state index contributed by atoms with van der Waals surface area (Å²) in [7, 11) is 0. The minimum atomic E-state index is -1.25. The Balaban J connectivity index is 1.89. The SMILES string of the molecule is CC(C)(C)C(=O)O[C@H]1[C@H](OC(=O)C(C)(C)C)[C@@H](N2C=C(c3ccccc3)C(=O)C[C@@H]2c2ccc(Cl)cc2)OC[C@H]1OC(=O)C(C)(C)C. The van der Waals surface area contributed by atoms with Crippen LogP contribution in [-0.4, -0.2) is 59.7 Å². The zero-order valence-electron chi connectivity index (χ0n) is 28.7. The van der Waals surface area contributed by atoms with Crippen LogP contribution in [0.3, 0.4) is 0 Å². The Bertz CT molecular complexity index is 1500. The quantitative estimate of drug-likeness (QED) is 0.239. The number of carbonyl (C=O) groups is 4. The first-order valence-corrected chi connectivity index (χ1v) is 16.2. The van der Waals surface area contributed by atoms with Crippen molar-refractivity contribution < 1.29 is 38.1 Å². The Hall–Kier alpha value is -3.69. The monoisotopic (exact) mass is 667 g/mol. The van der Waals surface area contributed by atoms with Gasteiger partial charge in [-0.05, 0) is 85.6 Å². The number of nitrogens with zero attached hydrogens (tertiary/aromatic N) is 1. The number of benzene rings is 2. The van der Waals surface area contributed by atoms with Crippen LogP contribution in [0.2, 0.25) is 5.02 Å². The van der Waals surface area contributed by atoms with E-state index in [9.17, 15) is 19.2 Å². The molecule has 47 heavy (non-hydrogen) atoms. The van der Waals surface area contributed by atoms with Crippen molar-refractivity contribution in [2.24, 2.45) is 16.2 Å². The highest BCUT2D eigenvalue weighted by Crippen LogP contribution is 2.41. The highest BCUT2D eigenvalue weighted by atomic mass is 35.5. The van der Waals surface area contributed by atoms with E-state index in [0.717, 1.165) is 5.56 Å². The summed E-state index contributed by atoms with van der Waals surface area (Å²) in [5.41, 5.74) is -0.785. The number of ketones is 1. The molecule has 2 heterocycles. The number of carbonyl (C=O) groups excluding carboxylic acids is 4. The van der Waals surface area contributed by atoms with E-state index in [2.05, 4.69) is 0 Å². The predicted octanol–water partition coefficient (Wildman–Crippen LogP) is 6.93. The zero-order valence-corrected chi connectivity index (χ0v) is 29.4.